The normalized spacial score (nSPS) is 16.6. The molecule has 1 aliphatic heterocycles. The van der Waals surface area contributed by atoms with Crippen molar-refractivity contribution < 1.29 is 4.79 Å². The van der Waals surface area contributed by atoms with Gasteiger partial charge in [-0.25, -0.2) is 0 Å². The Morgan fingerprint density at radius 1 is 1.25 bits per heavy atom. The number of carbonyl (C=O) groups is 1. The van der Waals surface area contributed by atoms with Gasteiger partial charge in [-0.1, -0.05) is 44.0 Å². The monoisotopic (exact) mass is 274 g/mol. The Balaban J connectivity index is 1.63. The fourth-order valence-electron chi connectivity index (χ4n) is 2.85. The van der Waals surface area contributed by atoms with Gasteiger partial charge in [-0.3, -0.25) is 9.69 Å². The Labute approximate surface area is 122 Å². The van der Waals surface area contributed by atoms with Crippen LogP contribution in [0.3, 0.4) is 0 Å². The summed E-state index contributed by atoms with van der Waals surface area (Å²) in [7, 11) is 0. The number of hydrogen-bond acceptors (Lipinski definition) is 2. The number of nitrogens with zero attached hydrogens (tertiary/aromatic N) is 1. The second-order valence-corrected chi connectivity index (χ2v) is 5.95. The number of unbranched alkanes of at least 4 members (excludes halogenated alkanes) is 2. The smallest absolute Gasteiger partial charge is 0.220 e. The van der Waals surface area contributed by atoms with Gasteiger partial charge in [0.2, 0.25) is 5.91 Å². The minimum absolute atomic E-state index is 0.0249. The first-order valence-corrected chi connectivity index (χ1v) is 7.75. The van der Waals surface area contributed by atoms with Crippen molar-refractivity contribution in [1.82, 2.24) is 4.90 Å². The van der Waals surface area contributed by atoms with Gasteiger partial charge in [0.25, 0.3) is 0 Å². The highest BCUT2D eigenvalue weighted by Gasteiger charge is 2.15. The lowest BCUT2D eigenvalue weighted by Gasteiger charge is -2.28. The maximum Gasteiger partial charge on any atom is 0.220 e. The van der Waals surface area contributed by atoms with Gasteiger partial charge in [0.1, 0.15) is 0 Å². The van der Waals surface area contributed by atoms with E-state index in [1.807, 2.05) is 6.92 Å². The number of carbonyl (C=O) groups excluding carboxylic acids is 1. The van der Waals surface area contributed by atoms with Crippen molar-refractivity contribution in [2.45, 2.75) is 45.6 Å². The Bertz CT molecular complexity index is 444. The highest BCUT2D eigenvalue weighted by atomic mass is 16.1. The fourth-order valence-corrected chi connectivity index (χ4v) is 2.85. The summed E-state index contributed by atoms with van der Waals surface area (Å²) < 4.78 is 0. The van der Waals surface area contributed by atoms with Crippen LogP contribution in [0.2, 0.25) is 0 Å². The standard InChI is InChI=1S/C17H26N2O/c1-14(17(18)20)7-3-2-6-11-19-12-10-15-8-4-5-9-16(15)13-19/h4-5,8-9,14H,2-3,6-7,10-13H2,1H3,(H2,18,20). The molecule has 3 nitrogen and oxygen atoms in total. The summed E-state index contributed by atoms with van der Waals surface area (Å²) in [6.45, 7) is 5.35. The molecule has 1 heterocycles. The van der Waals surface area contributed by atoms with E-state index in [0.29, 0.717) is 0 Å². The summed E-state index contributed by atoms with van der Waals surface area (Å²) >= 11 is 0. The van der Waals surface area contributed by atoms with Gasteiger partial charge in [0, 0.05) is 19.0 Å². The summed E-state index contributed by atoms with van der Waals surface area (Å²) in [5.41, 5.74) is 8.27. The van der Waals surface area contributed by atoms with Gasteiger partial charge in [0.15, 0.2) is 0 Å². The molecule has 0 aromatic heterocycles. The molecule has 1 amide bonds. The van der Waals surface area contributed by atoms with E-state index in [-0.39, 0.29) is 11.8 Å². The van der Waals surface area contributed by atoms with Gasteiger partial charge >= 0.3 is 0 Å². The number of primary amides is 1. The van der Waals surface area contributed by atoms with Crippen LogP contribution in [0.1, 0.15) is 43.7 Å². The first-order chi connectivity index (χ1) is 9.66. The highest BCUT2D eigenvalue weighted by molar-refractivity contribution is 5.76. The molecule has 3 heteroatoms. The number of hydrogen-bond donors (Lipinski definition) is 1. The molecule has 0 spiro atoms. The zero-order valence-corrected chi connectivity index (χ0v) is 12.5. The zero-order chi connectivity index (χ0) is 14.4. The van der Waals surface area contributed by atoms with Crippen LogP contribution < -0.4 is 5.73 Å². The van der Waals surface area contributed by atoms with Crippen LogP contribution in [0.4, 0.5) is 0 Å². The molecule has 20 heavy (non-hydrogen) atoms. The number of fused-ring (bicyclic) bond motifs is 1. The maximum absolute atomic E-state index is 10.9. The average molecular weight is 274 g/mol. The predicted octanol–water partition coefficient (Wildman–Crippen LogP) is 2.73. The third-order valence-corrected chi connectivity index (χ3v) is 4.31. The lowest BCUT2D eigenvalue weighted by Crippen LogP contribution is -2.31. The van der Waals surface area contributed by atoms with Gasteiger partial charge in [-0.05, 0) is 36.9 Å². The summed E-state index contributed by atoms with van der Waals surface area (Å²) in [6, 6.07) is 8.76. The van der Waals surface area contributed by atoms with E-state index in [1.54, 1.807) is 0 Å². The van der Waals surface area contributed by atoms with E-state index in [1.165, 1.54) is 43.5 Å². The second-order valence-electron chi connectivity index (χ2n) is 5.95. The average Bonchev–Trinajstić information content (AvgIpc) is 2.46. The van der Waals surface area contributed by atoms with Crippen molar-refractivity contribution in [2.24, 2.45) is 11.7 Å². The molecule has 0 bridgehead atoms. The zero-order valence-electron chi connectivity index (χ0n) is 12.5. The molecule has 2 rings (SSSR count). The number of benzene rings is 1. The van der Waals surface area contributed by atoms with Gasteiger partial charge in [-0.15, -0.1) is 0 Å². The van der Waals surface area contributed by atoms with Crippen LogP contribution >= 0.6 is 0 Å². The lowest BCUT2D eigenvalue weighted by atomic mass is 9.99. The molecule has 1 aromatic carbocycles. The second kappa shape index (κ2) is 7.44. The molecule has 0 saturated heterocycles. The Morgan fingerprint density at radius 2 is 2.00 bits per heavy atom. The molecule has 0 saturated carbocycles. The summed E-state index contributed by atoms with van der Waals surface area (Å²) in [4.78, 5) is 13.5. The van der Waals surface area contributed by atoms with Crippen molar-refractivity contribution in [3.63, 3.8) is 0 Å². The quantitative estimate of drug-likeness (QED) is 0.777. The Morgan fingerprint density at radius 3 is 2.75 bits per heavy atom. The SMILES string of the molecule is CC(CCCCCN1CCc2ccccc2C1)C(N)=O. The summed E-state index contributed by atoms with van der Waals surface area (Å²) in [5.74, 6) is -0.144. The van der Waals surface area contributed by atoms with Crippen molar-refractivity contribution >= 4 is 5.91 Å². The number of amides is 1. The Hall–Kier alpha value is -1.35. The fraction of sp³-hybridized carbons (Fsp3) is 0.588. The van der Waals surface area contributed by atoms with Crippen LogP contribution in [0.25, 0.3) is 0 Å². The number of rotatable bonds is 7. The first-order valence-electron chi connectivity index (χ1n) is 7.75. The van der Waals surface area contributed by atoms with Crippen molar-refractivity contribution in [1.29, 1.82) is 0 Å². The van der Waals surface area contributed by atoms with Crippen LogP contribution in [-0.4, -0.2) is 23.9 Å². The summed E-state index contributed by atoms with van der Waals surface area (Å²) in [5, 5.41) is 0. The minimum Gasteiger partial charge on any atom is -0.369 e. The third kappa shape index (κ3) is 4.34. The Kier molecular flexibility index (Phi) is 5.60. The van der Waals surface area contributed by atoms with Gasteiger partial charge in [0.05, 0.1) is 0 Å². The molecule has 1 atom stereocenters. The van der Waals surface area contributed by atoms with Crippen LogP contribution in [0, 0.1) is 5.92 Å². The van der Waals surface area contributed by atoms with Crippen molar-refractivity contribution in [3.05, 3.63) is 35.4 Å². The predicted molar refractivity (Wildman–Crippen MR) is 82.2 cm³/mol. The van der Waals surface area contributed by atoms with E-state index in [2.05, 4.69) is 29.2 Å². The van der Waals surface area contributed by atoms with Gasteiger partial charge in [-0.2, -0.15) is 0 Å². The van der Waals surface area contributed by atoms with E-state index in [0.717, 1.165) is 19.4 Å². The molecule has 1 unspecified atom stereocenters. The van der Waals surface area contributed by atoms with E-state index < -0.39 is 0 Å². The molecular weight excluding hydrogens is 248 g/mol. The first kappa shape index (κ1) is 15.0. The number of nitrogens with two attached hydrogens (primary N) is 1. The molecule has 0 fully saturated rings. The molecule has 110 valence electrons. The molecule has 0 radical (unpaired) electrons. The molecule has 0 aliphatic carbocycles. The van der Waals surface area contributed by atoms with E-state index >= 15 is 0 Å². The largest absolute Gasteiger partial charge is 0.369 e. The lowest BCUT2D eigenvalue weighted by molar-refractivity contribution is -0.121. The van der Waals surface area contributed by atoms with Crippen LogP contribution in [0.5, 0.6) is 0 Å². The third-order valence-electron chi connectivity index (χ3n) is 4.31. The van der Waals surface area contributed by atoms with Crippen molar-refractivity contribution in [3.8, 4) is 0 Å². The highest BCUT2D eigenvalue weighted by Crippen LogP contribution is 2.19. The molecule has 1 aliphatic rings. The van der Waals surface area contributed by atoms with Crippen LogP contribution in [0.15, 0.2) is 24.3 Å². The maximum atomic E-state index is 10.9. The van der Waals surface area contributed by atoms with E-state index in [4.69, 9.17) is 5.73 Å². The molecular formula is C17H26N2O. The van der Waals surface area contributed by atoms with Crippen LogP contribution in [-0.2, 0) is 17.8 Å². The minimum atomic E-state index is -0.169. The van der Waals surface area contributed by atoms with Gasteiger partial charge < -0.3 is 5.73 Å². The molecule has 1 aromatic rings. The topological polar surface area (TPSA) is 46.3 Å². The van der Waals surface area contributed by atoms with Crippen molar-refractivity contribution in [2.75, 3.05) is 13.1 Å². The summed E-state index contributed by atoms with van der Waals surface area (Å²) in [6.07, 6.45) is 5.62. The molecule has 2 N–H and O–H groups in total. The van der Waals surface area contributed by atoms with E-state index in [9.17, 15) is 4.79 Å².